The average molecular weight is 380 g/mol. The topological polar surface area (TPSA) is 92.5 Å². The summed E-state index contributed by atoms with van der Waals surface area (Å²) in [5, 5.41) is 0. The van der Waals surface area contributed by atoms with Gasteiger partial charge >= 0.3 is 0 Å². The predicted molar refractivity (Wildman–Crippen MR) is 101 cm³/mol. The number of carbonyl (C=O) groups is 1. The lowest BCUT2D eigenvalue weighted by Gasteiger charge is -2.34. The molecule has 1 aromatic rings. The second-order valence-corrected chi connectivity index (χ2v) is 9.35. The van der Waals surface area contributed by atoms with Crippen LogP contribution in [-0.2, 0) is 21.2 Å². The molecule has 1 saturated heterocycles. The van der Waals surface area contributed by atoms with Gasteiger partial charge in [-0.1, -0.05) is 12.1 Å². The number of likely N-dealkylation sites (tertiary alicyclic amines) is 1. The summed E-state index contributed by atoms with van der Waals surface area (Å²) in [7, 11) is -3.41. The van der Waals surface area contributed by atoms with Gasteiger partial charge in [0.05, 0.1) is 4.90 Å². The van der Waals surface area contributed by atoms with E-state index in [1.807, 2.05) is 11.8 Å². The molecule has 144 valence electrons. The van der Waals surface area contributed by atoms with Crippen molar-refractivity contribution in [3.05, 3.63) is 29.8 Å². The van der Waals surface area contributed by atoms with Crippen LogP contribution in [0, 0.1) is 5.92 Å². The Morgan fingerprint density at radius 1 is 1.27 bits per heavy atom. The Morgan fingerprint density at radius 3 is 2.58 bits per heavy atom. The molecule has 1 aliphatic heterocycles. The van der Waals surface area contributed by atoms with Crippen molar-refractivity contribution >= 4 is 15.9 Å². The number of nitrogens with two attached hydrogens (primary N) is 1. The molecular weight excluding hydrogens is 350 g/mol. The van der Waals surface area contributed by atoms with E-state index in [1.165, 1.54) is 0 Å². The van der Waals surface area contributed by atoms with E-state index in [2.05, 4.69) is 4.72 Å². The van der Waals surface area contributed by atoms with Crippen molar-refractivity contribution in [1.82, 2.24) is 9.62 Å². The number of hydrogen-bond donors (Lipinski definition) is 2. The summed E-state index contributed by atoms with van der Waals surface area (Å²) < 4.78 is 27.0. The second kappa shape index (κ2) is 8.06. The number of sulfonamides is 1. The molecule has 2 fully saturated rings. The fourth-order valence-corrected chi connectivity index (χ4v) is 4.70. The molecule has 7 heteroatoms. The van der Waals surface area contributed by atoms with Crippen LogP contribution in [0.15, 0.2) is 29.2 Å². The molecule has 0 radical (unpaired) electrons. The molecule has 1 amide bonds. The van der Waals surface area contributed by atoms with Crippen LogP contribution >= 0.6 is 0 Å². The number of carbonyl (C=O) groups excluding carboxylic acids is 1. The van der Waals surface area contributed by atoms with Crippen LogP contribution in [0.25, 0.3) is 0 Å². The highest BCUT2D eigenvalue weighted by Crippen LogP contribution is 2.23. The van der Waals surface area contributed by atoms with Gasteiger partial charge in [-0.05, 0) is 62.6 Å². The molecule has 3 rings (SSSR count). The van der Waals surface area contributed by atoms with Crippen molar-refractivity contribution < 1.29 is 13.2 Å². The SMILES string of the molecule is CC(N)C1CCCN(C(=O)CCc2ccc(S(=O)(=O)NC3CC3)cc2)C1. The first-order valence-corrected chi connectivity index (χ1v) is 11.0. The lowest BCUT2D eigenvalue weighted by Crippen LogP contribution is -2.45. The lowest BCUT2D eigenvalue weighted by molar-refractivity contribution is -0.133. The maximum Gasteiger partial charge on any atom is 0.240 e. The number of rotatable bonds is 7. The summed E-state index contributed by atoms with van der Waals surface area (Å²) in [6, 6.07) is 7.06. The maximum atomic E-state index is 12.5. The first kappa shape index (κ1) is 19.3. The smallest absolute Gasteiger partial charge is 0.240 e. The van der Waals surface area contributed by atoms with Crippen LogP contribution in [0.1, 0.15) is 44.6 Å². The van der Waals surface area contributed by atoms with E-state index >= 15 is 0 Å². The van der Waals surface area contributed by atoms with Crippen LogP contribution in [0.5, 0.6) is 0 Å². The van der Waals surface area contributed by atoms with Crippen LogP contribution in [0.2, 0.25) is 0 Å². The van der Waals surface area contributed by atoms with Crippen molar-refractivity contribution in [2.24, 2.45) is 11.7 Å². The molecule has 0 aromatic heterocycles. The molecule has 0 bridgehead atoms. The molecule has 2 atom stereocenters. The highest BCUT2D eigenvalue weighted by atomic mass is 32.2. The summed E-state index contributed by atoms with van der Waals surface area (Å²) in [5.41, 5.74) is 6.96. The van der Waals surface area contributed by atoms with Crippen molar-refractivity contribution in [2.45, 2.75) is 62.4 Å². The zero-order chi connectivity index (χ0) is 18.7. The van der Waals surface area contributed by atoms with Crippen molar-refractivity contribution in [3.8, 4) is 0 Å². The first-order chi connectivity index (χ1) is 12.3. The van der Waals surface area contributed by atoms with Crippen LogP contribution in [-0.4, -0.2) is 44.4 Å². The summed E-state index contributed by atoms with van der Waals surface area (Å²) >= 11 is 0. The minimum absolute atomic E-state index is 0.0990. The monoisotopic (exact) mass is 379 g/mol. The third-order valence-corrected chi connectivity index (χ3v) is 6.85. The molecular formula is C19H29N3O3S. The van der Waals surface area contributed by atoms with Gasteiger partial charge in [0.25, 0.3) is 0 Å². The van der Waals surface area contributed by atoms with Gasteiger partial charge < -0.3 is 10.6 Å². The van der Waals surface area contributed by atoms with Gasteiger partial charge in [0, 0.05) is 31.6 Å². The van der Waals surface area contributed by atoms with Gasteiger partial charge in [-0.25, -0.2) is 13.1 Å². The number of benzene rings is 1. The number of aryl methyl sites for hydroxylation is 1. The minimum atomic E-state index is -3.41. The third-order valence-electron chi connectivity index (χ3n) is 5.31. The largest absolute Gasteiger partial charge is 0.342 e. The Kier molecular flexibility index (Phi) is 5.99. The Balaban J connectivity index is 1.52. The van der Waals surface area contributed by atoms with Gasteiger partial charge in [-0.3, -0.25) is 4.79 Å². The maximum absolute atomic E-state index is 12.5. The van der Waals surface area contributed by atoms with E-state index in [0.717, 1.165) is 44.3 Å². The van der Waals surface area contributed by atoms with E-state index in [0.29, 0.717) is 18.8 Å². The average Bonchev–Trinajstić information content (AvgIpc) is 3.43. The Bertz CT molecular complexity index is 727. The zero-order valence-electron chi connectivity index (χ0n) is 15.4. The van der Waals surface area contributed by atoms with E-state index in [4.69, 9.17) is 5.73 Å². The number of nitrogens with one attached hydrogen (secondary N) is 1. The normalized spacial score (nSPS) is 22.2. The predicted octanol–water partition coefficient (Wildman–Crippen LogP) is 1.65. The molecule has 1 aromatic carbocycles. The quantitative estimate of drug-likeness (QED) is 0.753. The molecule has 26 heavy (non-hydrogen) atoms. The van der Waals surface area contributed by atoms with Gasteiger partial charge in [0.1, 0.15) is 0 Å². The van der Waals surface area contributed by atoms with Gasteiger partial charge in [0.2, 0.25) is 15.9 Å². The Labute approximate surface area is 156 Å². The number of piperidine rings is 1. The number of nitrogens with zero attached hydrogens (tertiary/aromatic N) is 1. The van der Waals surface area contributed by atoms with E-state index in [1.54, 1.807) is 24.3 Å². The zero-order valence-corrected chi connectivity index (χ0v) is 16.2. The fourth-order valence-electron chi connectivity index (χ4n) is 3.40. The Hall–Kier alpha value is -1.44. The highest BCUT2D eigenvalue weighted by molar-refractivity contribution is 7.89. The number of hydrogen-bond acceptors (Lipinski definition) is 4. The molecule has 1 heterocycles. The molecule has 2 unspecified atom stereocenters. The molecule has 3 N–H and O–H groups in total. The van der Waals surface area contributed by atoms with E-state index in [-0.39, 0.29) is 22.9 Å². The van der Waals surface area contributed by atoms with Gasteiger partial charge in [-0.15, -0.1) is 0 Å². The Morgan fingerprint density at radius 2 is 1.96 bits per heavy atom. The molecule has 6 nitrogen and oxygen atoms in total. The summed E-state index contributed by atoms with van der Waals surface area (Å²) in [4.78, 5) is 14.7. The summed E-state index contributed by atoms with van der Waals surface area (Å²) in [5.74, 6) is 0.540. The molecule has 2 aliphatic rings. The van der Waals surface area contributed by atoms with Crippen LogP contribution < -0.4 is 10.5 Å². The molecule has 1 aliphatic carbocycles. The standard InChI is InChI=1S/C19H29N3O3S/c1-14(20)16-3-2-12-22(13-16)19(23)11-6-15-4-9-18(10-5-15)26(24,25)21-17-7-8-17/h4-5,9-10,14,16-17,21H,2-3,6-8,11-13,20H2,1H3. The van der Waals surface area contributed by atoms with Crippen LogP contribution in [0.3, 0.4) is 0 Å². The van der Waals surface area contributed by atoms with Crippen molar-refractivity contribution in [2.75, 3.05) is 13.1 Å². The van der Waals surface area contributed by atoms with E-state index in [9.17, 15) is 13.2 Å². The molecule has 1 saturated carbocycles. The highest BCUT2D eigenvalue weighted by Gasteiger charge is 2.28. The van der Waals surface area contributed by atoms with Crippen molar-refractivity contribution in [1.29, 1.82) is 0 Å². The second-order valence-electron chi connectivity index (χ2n) is 7.64. The molecule has 0 spiro atoms. The minimum Gasteiger partial charge on any atom is -0.342 e. The van der Waals surface area contributed by atoms with Crippen molar-refractivity contribution in [3.63, 3.8) is 0 Å². The van der Waals surface area contributed by atoms with Crippen LogP contribution in [0.4, 0.5) is 0 Å². The van der Waals surface area contributed by atoms with Gasteiger partial charge in [-0.2, -0.15) is 0 Å². The van der Waals surface area contributed by atoms with Gasteiger partial charge in [0.15, 0.2) is 0 Å². The summed E-state index contributed by atoms with van der Waals surface area (Å²) in [6.07, 6.45) is 5.00. The lowest BCUT2D eigenvalue weighted by atomic mass is 9.92. The first-order valence-electron chi connectivity index (χ1n) is 9.50. The third kappa shape index (κ3) is 5.05. The number of amides is 1. The summed E-state index contributed by atoms with van der Waals surface area (Å²) in [6.45, 7) is 3.57. The fraction of sp³-hybridized carbons (Fsp3) is 0.632. The van der Waals surface area contributed by atoms with E-state index < -0.39 is 10.0 Å².